The van der Waals surface area contributed by atoms with Crippen molar-refractivity contribution in [3.8, 4) is 5.75 Å². The second-order valence-electron chi connectivity index (χ2n) is 5.84. The van der Waals surface area contributed by atoms with Gasteiger partial charge in [0.05, 0.1) is 22.0 Å². The number of phenolic OH excluding ortho intramolecular Hbond substituents is 1. The number of carboxylic acid groups (broad SMARTS) is 1. The number of aromatic carboxylic acids is 1. The number of halogens is 1. The molecule has 1 amide bonds. The van der Waals surface area contributed by atoms with Gasteiger partial charge in [-0.25, -0.2) is 4.79 Å². The maximum Gasteiger partial charge on any atom is 0.335 e. The molecule has 0 atom stereocenters. The van der Waals surface area contributed by atoms with Gasteiger partial charge >= 0.3 is 5.97 Å². The van der Waals surface area contributed by atoms with Crippen molar-refractivity contribution in [1.29, 1.82) is 0 Å². The predicted octanol–water partition coefficient (Wildman–Crippen LogP) is 4.32. The molecule has 2 aromatic carbocycles. The summed E-state index contributed by atoms with van der Waals surface area (Å²) in [7, 11) is 0. The van der Waals surface area contributed by atoms with Crippen LogP contribution in [0.4, 0.5) is 11.4 Å². The standard InChI is InChI=1S/C19H20ClN3O4/c1-3-4-18(25)21-13-6-8-17(24)14(10-13)11(2)22-23-16-9-12(19(26)27)5-7-15(16)20/h5-10,23-24H,3-4H2,1-2H3,(H,21,25)(H,26,27)/b22-11+. The van der Waals surface area contributed by atoms with Crippen molar-refractivity contribution in [1.82, 2.24) is 0 Å². The summed E-state index contributed by atoms with van der Waals surface area (Å²) in [6.45, 7) is 3.57. The van der Waals surface area contributed by atoms with Crippen LogP contribution in [0.1, 0.15) is 42.6 Å². The Hall–Kier alpha value is -3.06. The number of phenols is 1. The summed E-state index contributed by atoms with van der Waals surface area (Å²) < 4.78 is 0. The number of amides is 1. The average Bonchev–Trinajstić information content (AvgIpc) is 2.62. The van der Waals surface area contributed by atoms with Gasteiger partial charge in [-0.15, -0.1) is 0 Å². The normalized spacial score (nSPS) is 11.1. The lowest BCUT2D eigenvalue weighted by molar-refractivity contribution is -0.116. The lowest BCUT2D eigenvalue weighted by Crippen LogP contribution is -2.11. The van der Waals surface area contributed by atoms with E-state index in [2.05, 4.69) is 15.8 Å². The number of nitrogens with zero attached hydrogens (tertiary/aromatic N) is 1. The average molecular weight is 390 g/mol. The number of carboxylic acids is 1. The molecule has 0 saturated heterocycles. The van der Waals surface area contributed by atoms with E-state index in [1.807, 2.05) is 6.92 Å². The molecule has 0 aromatic heterocycles. The molecule has 0 spiro atoms. The fourth-order valence-corrected chi connectivity index (χ4v) is 2.46. The van der Waals surface area contributed by atoms with Gasteiger partial charge in [0.15, 0.2) is 0 Å². The SMILES string of the molecule is CCCC(=O)Nc1ccc(O)c(/C(C)=N/Nc2cc(C(=O)O)ccc2Cl)c1. The number of hydrazone groups is 1. The third-order valence-corrected chi connectivity index (χ3v) is 4.03. The van der Waals surface area contributed by atoms with E-state index >= 15 is 0 Å². The summed E-state index contributed by atoms with van der Waals surface area (Å²) in [4.78, 5) is 22.8. The highest BCUT2D eigenvalue weighted by atomic mass is 35.5. The maximum atomic E-state index is 11.7. The molecule has 0 fully saturated rings. The summed E-state index contributed by atoms with van der Waals surface area (Å²) in [5.74, 6) is -1.19. The number of benzene rings is 2. The highest BCUT2D eigenvalue weighted by Gasteiger charge is 2.10. The van der Waals surface area contributed by atoms with E-state index < -0.39 is 5.97 Å². The molecule has 8 heteroatoms. The summed E-state index contributed by atoms with van der Waals surface area (Å²) in [5.41, 5.74) is 4.49. The molecular formula is C19H20ClN3O4. The third kappa shape index (κ3) is 5.46. The molecule has 0 aliphatic rings. The Bertz CT molecular complexity index is 897. The van der Waals surface area contributed by atoms with Crippen LogP contribution >= 0.6 is 11.6 Å². The summed E-state index contributed by atoms with van der Waals surface area (Å²) >= 11 is 6.05. The first-order chi connectivity index (χ1) is 12.8. The minimum absolute atomic E-state index is 0.00285. The Balaban J connectivity index is 2.24. The van der Waals surface area contributed by atoms with Crippen LogP contribution in [0.15, 0.2) is 41.5 Å². The monoisotopic (exact) mass is 389 g/mol. The van der Waals surface area contributed by atoms with Crippen molar-refractivity contribution in [2.24, 2.45) is 5.10 Å². The molecule has 142 valence electrons. The molecule has 7 nitrogen and oxygen atoms in total. The highest BCUT2D eigenvalue weighted by Crippen LogP contribution is 2.25. The van der Waals surface area contributed by atoms with Crippen LogP contribution in [0.3, 0.4) is 0 Å². The molecule has 0 radical (unpaired) electrons. The first-order valence-electron chi connectivity index (χ1n) is 8.28. The van der Waals surface area contributed by atoms with Crippen LogP contribution < -0.4 is 10.7 Å². The van der Waals surface area contributed by atoms with Crippen molar-refractivity contribution >= 4 is 40.6 Å². The molecule has 2 aromatic rings. The topological polar surface area (TPSA) is 111 Å². The number of anilines is 2. The van der Waals surface area contributed by atoms with Crippen LogP contribution in [-0.2, 0) is 4.79 Å². The van der Waals surface area contributed by atoms with Crippen LogP contribution in [-0.4, -0.2) is 27.8 Å². The van der Waals surface area contributed by atoms with Gasteiger partial charge in [-0.05, 0) is 49.7 Å². The minimum Gasteiger partial charge on any atom is -0.507 e. The fraction of sp³-hybridized carbons (Fsp3) is 0.211. The molecule has 0 saturated carbocycles. The van der Waals surface area contributed by atoms with Gasteiger partial charge in [0.2, 0.25) is 5.91 Å². The number of rotatable bonds is 7. The van der Waals surface area contributed by atoms with Crippen molar-refractivity contribution in [2.75, 3.05) is 10.7 Å². The zero-order valence-corrected chi connectivity index (χ0v) is 15.7. The first-order valence-corrected chi connectivity index (χ1v) is 8.66. The van der Waals surface area contributed by atoms with Crippen LogP contribution in [0.2, 0.25) is 5.02 Å². The summed E-state index contributed by atoms with van der Waals surface area (Å²) in [6.07, 6.45) is 1.14. The molecule has 0 aliphatic heterocycles. The van der Waals surface area contributed by atoms with E-state index in [9.17, 15) is 14.7 Å². The number of carbonyl (C=O) groups excluding carboxylic acids is 1. The van der Waals surface area contributed by atoms with E-state index in [0.29, 0.717) is 34.1 Å². The fourth-order valence-electron chi connectivity index (χ4n) is 2.30. The number of carbonyl (C=O) groups is 2. The van der Waals surface area contributed by atoms with E-state index in [1.54, 1.807) is 19.1 Å². The van der Waals surface area contributed by atoms with Crippen LogP contribution in [0.5, 0.6) is 5.75 Å². The molecule has 4 N–H and O–H groups in total. The molecular weight excluding hydrogens is 370 g/mol. The van der Waals surface area contributed by atoms with Crippen molar-refractivity contribution in [2.45, 2.75) is 26.7 Å². The van der Waals surface area contributed by atoms with Gasteiger partial charge in [-0.1, -0.05) is 18.5 Å². The van der Waals surface area contributed by atoms with E-state index in [0.717, 1.165) is 6.42 Å². The zero-order chi connectivity index (χ0) is 20.0. The number of hydrogen-bond acceptors (Lipinski definition) is 5. The number of aromatic hydroxyl groups is 1. The van der Waals surface area contributed by atoms with Gasteiger partial charge in [0, 0.05) is 17.7 Å². The van der Waals surface area contributed by atoms with Gasteiger partial charge in [0.1, 0.15) is 5.75 Å². The Labute approximate surface area is 161 Å². The Morgan fingerprint density at radius 1 is 1.19 bits per heavy atom. The quantitative estimate of drug-likeness (QED) is 0.320. The van der Waals surface area contributed by atoms with E-state index in [-0.39, 0.29) is 17.2 Å². The largest absolute Gasteiger partial charge is 0.507 e. The van der Waals surface area contributed by atoms with Gasteiger partial charge < -0.3 is 15.5 Å². The zero-order valence-electron chi connectivity index (χ0n) is 14.9. The Morgan fingerprint density at radius 3 is 2.59 bits per heavy atom. The third-order valence-electron chi connectivity index (χ3n) is 3.70. The Kier molecular flexibility index (Phi) is 6.79. The second kappa shape index (κ2) is 9.05. The van der Waals surface area contributed by atoms with Crippen LogP contribution in [0, 0.1) is 0 Å². The molecule has 0 aliphatic carbocycles. The first kappa shape index (κ1) is 20.3. The van der Waals surface area contributed by atoms with E-state index in [1.165, 1.54) is 24.3 Å². The summed E-state index contributed by atoms with van der Waals surface area (Å²) in [5, 5.41) is 26.4. The summed E-state index contributed by atoms with van der Waals surface area (Å²) in [6, 6.07) is 8.88. The van der Waals surface area contributed by atoms with Gasteiger partial charge in [-0.2, -0.15) is 5.10 Å². The lowest BCUT2D eigenvalue weighted by Gasteiger charge is -2.10. The number of hydrogen-bond donors (Lipinski definition) is 4. The van der Waals surface area contributed by atoms with Gasteiger partial charge in [0.25, 0.3) is 0 Å². The smallest absolute Gasteiger partial charge is 0.335 e. The molecule has 0 heterocycles. The molecule has 27 heavy (non-hydrogen) atoms. The van der Waals surface area contributed by atoms with Gasteiger partial charge in [-0.3, -0.25) is 10.2 Å². The molecule has 0 unspecified atom stereocenters. The van der Waals surface area contributed by atoms with Crippen molar-refractivity contribution in [3.05, 3.63) is 52.5 Å². The second-order valence-corrected chi connectivity index (χ2v) is 6.25. The lowest BCUT2D eigenvalue weighted by atomic mass is 10.1. The predicted molar refractivity (Wildman–Crippen MR) is 106 cm³/mol. The van der Waals surface area contributed by atoms with Crippen LogP contribution in [0.25, 0.3) is 0 Å². The maximum absolute atomic E-state index is 11.7. The Morgan fingerprint density at radius 2 is 1.93 bits per heavy atom. The molecule has 0 bridgehead atoms. The van der Waals surface area contributed by atoms with Crippen molar-refractivity contribution < 1.29 is 19.8 Å². The van der Waals surface area contributed by atoms with E-state index in [4.69, 9.17) is 16.7 Å². The number of nitrogens with one attached hydrogen (secondary N) is 2. The minimum atomic E-state index is -1.08. The molecule has 2 rings (SSSR count). The van der Waals surface area contributed by atoms with Crippen molar-refractivity contribution in [3.63, 3.8) is 0 Å². The highest BCUT2D eigenvalue weighted by molar-refractivity contribution is 6.33.